The molecule has 0 spiro atoms. The molecule has 2 N–H and O–H groups in total. The van der Waals surface area contributed by atoms with E-state index in [1.165, 1.54) is 12.1 Å². The van der Waals surface area contributed by atoms with Gasteiger partial charge in [0, 0.05) is 12.1 Å². The minimum absolute atomic E-state index is 0.0761. The second-order valence-electron chi connectivity index (χ2n) is 5.08. The first-order valence-corrected chi connectivity index (χ1v) is 6.68. The third-order valence-corrected chi connectivity index (χ3v) is 3.61. The summed E-state index contributed by atoms with van der Waals surface area (Å²) < 4.78 is 29.8. The number of fused-ring (bicyclic) bond motifs is 1. The van der Waals surface area contributed by atoms with Crippen LogP contribution < -0.4 is 5.73 Å². The van der Waals surface area contributed by atoms with Gasteiger partial charge in [0.1, 0.15) is 11.6 Å². The first-order chi connectivity index (χ1) is 10.1. The van der Waals surface area contributed by atoms with Crippen LogP contribution in [0.25, 0.3) is 11.0 Å². The van der Waals surface area contributed by atoms with Crippen molar-refractivity contribution in [2.75, 3.05) is 0 Å². The van der Waals surface area contributed by atoms with Crippen LogP contribution in [0.3, 0.4) is 0 Å². The number of nitrogens with two attached hydrogens (primary N) is 1. The van der Waals surface area contributed by atoms with Gasteiger partial charge in [-0.1, -0.05) is 18.2 Å². The van der Waals surface area contributed by atoms with E-state index < -0.39 is 17.7 Å². The zero-order valence-electron chi connectivity index (χ0n) is 11.6. The number of benzene rings is 2. The third kappa shape index (κ3) is 2.40. The summed E-state index contributed by atoms with van der Waals surface area (Å²) in [4.78, 5) is 4.25. The van der Waals surface area contributed by atoms with Crippen molar-refractivity contribution in [3.63, 3.8) is 0 Å². The maximum Gasteiger partial charge on any atom is 0.133 e. The van der Waals surface area contributed by atoms with Gasteiger partial charge in [-0.25, -0.2) is 13.8 Å². The van der Waals surface area contributed by atoms with Crippen LogP contribution in [-0.2, 0) is 6.54 Å². The van der Waals surface area contributed by atoms with E-state index in [1.54, 1.807) is 17.8 Å². The lowest BCUT2D eigenvalue weighted by atomic mass is 10.0. The highest BCUT2D eigenvalue weighted by Gasteiger charge is 2.19. The summed E-state index contributed by atoms with van der Waals surface area (Å²) in [6.07, 6.45) is 1.64. The fourth-order valence-corrected chi connectivity index (χ4v) is 2.48. The number of aryl methyl sites for hydroxylation is 1. The zero-order chi connectivity index (χ0) is 15.0. The van der Waals surface area contributed by atoms with Crippen LogP contribution in [0.5, 0.6) is 0 Å². The van der Waals surface area contributed by atoms with Gasteiger partial charge in [-0.15, -0.1) is 0 Å². The predicted molar refractivity (Wildman–Crippen MR) is 77.8 cm³/mol. The summed E-state index contributed by atoms with van der Waals surface area (Å²) in [5.41, 5.74) is 8.05. The van der Waals surface area contributed by atoms with Crippen LogP contribution in [0.4, 0.5) is 8.78 Å². The van der Waals surface area contributed by atoms with Crippen molar-refractivity contribution >= 4 is 11.0 Å². The molecule has 0 aliphatic rings. The van der Waals surface area contributed by atoms with Gasteiger partial charge in [0.05, 0.1) is 23.4 Å². The molecular formula is C16H15F2N3. The van der Waals surface area contributed by atoms with Crippen LogP contribution >= 0.6 is 0 Å². The van der Waals surface area contributed by atoms with Crippen LogP contribution in [0.15, 0.2) is 42.7 Å². The van der Waals surface area contributed by atoms with E-state index in [-0.39, 0.29) is 12.1 Å². The molecule has 0 saturated carbocycles. The molecule has 3 nitrogen and oxygen atoms in total. The Labute approximate surface area is 121 Å². The standard InChI is InChI=1S/C16H15F2N3/c1-10-6-7-11(17)15(16(10)18)12(19)8-21-9-20-13-4-2-3-5-14(13)21/h2-7,9,12H,8,19H2,1H3. The lowest BCUT2D eigenvalue weighted by Gasteiger charge is -2.16. The number of aromatic nitrogens is 2. The third-order valence-electron chi connectivity index (χ3n) is 3.61. The van der Waals surface area contributed by atoms with Gasteiger partial charge in [-0.3, -0.25) is 0 Å². The number of para-hydroxylation sites is 2. The SMILES string of the molecule is Cc1ccc(F)c(C(N)Cn2cnc3ccccc32)c1F. The molecule has 108 valence electrons. The van der Waals surface area contributed by atoms with Gasteiger partial charge >= 0.3 is 0 Å². The first kappa shape index (κ1) is 13.7. The lowest BCUT2D eigenvalue weighted by molar-refractivity contribution is 0.492. The molecule has 1 aromatic heterocycles. The van der Waals surface area contributed by atoms with Gasteiger partial charge in [-0.05, 0) is 30.7 Å². The zero-order valence-corrected chi connectivity index (χ0v) is 11.6. The predicted octanol–water partition coefficient (Wildman–Crippen LogP) is 3.32. The number of halogens is 2. The van der Waals surface area contributed by atoms with Gasteiger partial charge in [0.25, 0.3) is 0 Å². The molecule has 0 saturated heterocycles. The normalized spacial score (nSPS) is 12.8. The van der Waals surface area contributed by atoms with Gasteiger partial charge in [0.15, 0.2) is 0 Å². The van der Waals surface area contributed by atoms with E-state index >= 15 is 0 Å². The van der Waals surface area contributed by atoms with Crippen molar-refractivity contribution in [3.05, 3.63) is 65.5 Å². The quantitative estimate of drug-likeness (QED) is 0.803. The number of imidazole rings is 1. The van der Waals surface area contributed by atoms with E-state index in [4.69, 9.17) is 5.73 Å². The van der Waals surface area contributed by atoms with Crippen molar-refractivity contribution in [1.29, 1.82) is 0 Å². The second-order valence-corrected chi connectivity index (χ2v) is 5.08. The first-order valence-electron chi connectivity index (χ1n) is 6.68. The van der Waals surface area contributed by atoms with Crippen molar-refractivity contribution in [2.24, 2.45) is 5.73 Å². The highest BCUT2D eigenvalue weighted by molar-refractivity contribution is 5.74. The largest absolute Gasteiger partial charge is 0.329 e. The van der Waals surface area contributed by atoms with Gasteiger partial charge in [0.2, 0.25) is 0 Å². The summed E-state index contributed by atoms with van der Waals surface area (Å²) in [5.74, 6) is -1.19. The molecule has 1 heterocycles. The van der Waals surface area contributed by atoms with E-state index in [2.05, 4.69) is 4.98 Å². The number of nitrogens with zero attached hydrogens (tertiary/aromatic N) is 2. The molecule has 0 fully saturated rings. The molecule has 3 aromatic rings. The second kappa shape index (κ2) is 5.26. The maximum absolute atomic E-state index is 14.1. The summed E-state index contributed by atoms with van der Waals surface area (Å²) in [6, 6.07) is 9.44. The van der Waals surface area contributed by atoms with Crippen molar-refractivity contribution < 1.29 is 8.78 Å². The number of rotatable bonds is 3. The molecule has 0 bridgehead atoms. The van der Waals surface area contributed by atoms with Crippen LogP contribution in [0.1, 0.15) is 17.2 Å². The molecule has 0 radical (unpaired) electrons. The fraction of sp³-hybridized carbons (Fsp3) is 0.188. The average Bonchev–Trinajstić information content (AvgIpc) is 2.87. The summed E-state index contributed by atoms with van der Waals surface area (Å²) in [6.45, 7) is 1.86. The monoisotopic (exact) mass is 287 g/mol. The molecule has 0 aliphatic carbocycles. The van der Waals surface area contributed by atoms with Gasteiger partial charge in [-0.2, -0.15) is 0 Å². The molecule has 5 heteroatoms. The van der Waals surface area contributed by atoms with E-state index in [9.17, 15) is 8.78 Å². The maximum atomic E-state index is 14.1. The Morgan fingerprint density at radius 1 is 1.19 bits per heavy atom. The van der Waals surface area contributed by atoms with Crippen molar-refractivity contribution in [2.45, 2.75) is 19.5 Å². The fourth-order valence-electron chi connectivity index (χ4n) is 2.48. The molecule has 0 aliphatic heterocycles. The van der Waals surface area contributed by atoms with E-state index in [1.807, 2.05) is 24.3 Å². The van der Waals surface area contributed by atoms with Crippen LogP contribution in [0.2, 0.25) is 0 Å². The Hall–Kier alpha value is -2.27. The molecule has 1 atom stereocenters. The van der Waals surface area contributed by atoms with Crippen molar-refractivity contribution in [3.8, 4) is 0 Å². The molecule has 21 heavy (non-hydrogen) atoms. The highest BCUT2D eigenvalue weighted by atomic mass is 19.1. The molecular weight excluding hydrogens is 272 g/mol. The Balaban J connectivity index is 1.97. The van der Waals surface area contributed by atoms with Crippen molar-refractivity contribution in [1.82, 2.24) is 9.55 Å². The minimum Gasteiger partial charge on any atom is -0.329 e. The van der Waals surface area contributed by atoms with Gasteiger partial charge < -0.3 is 10.3 Å². The molecule has 1 unspecified atom stereocenters. The molecule has 0 amide bonds. The van der Waals surface area contributed by atoms with E-state index in [0.717, 1.165) is 11.0 Å². The average molecular weight is 287 g/mol. The summed E-state index contributed by atoms with van der Waals surface area (Å²) in [5, 5.41) is 0. The minimum atomic E-state index is -0.775. The lowest BCUT2D eigenvalue weighted by Crippen LogP contribution is -2.20. The smallest absolute Gasteiger partial charge is 0.133 e. The highest BCUT2D eigenvalue weighted by Crippen LogP contribution is 2.24. The Kier molecular flexibility index (Phi) is 3.43. The topological polar surface area (TPSA) is 43.8 Å². The summed E-state index contributed by atoms with van der Waals surface area (Å²) >= 11 is 0. The molecule has 3 rings (SSSR count). The number of hydrogen-bond acceptors (Lipinski definition) is 2. The number of hydrogen-bond donors (Lipinski definition) is 1. The van der Waals surface area contributed by atoms with Crippen LogP contribution in [0, 0.1) is 18.6 Å². The molecule has 2 aromatic carbocycles. The Morgan fingerprint density at radius 2 is 1.95 bits per heavy atom. The Morgan fingerprint density at radius 3 is 2.76 bits per heavy atom. The summed E-state index contributed by atoms with van der Waals surface area (Å²) in [7, 11) is 0. The van der Waals surface area contributed by atoms with Crippen LogP contribution in [-0.4, -0.2) is 9.55 Å². The Bertz CT molecular complexity index is 795. The van der Waals surface area contributed by atoms with E-state index in [0.29, 0.717) is 5.56 Å².